The number of carbonyl (C=O) groups is 2. The summed E-state index contributed by atoms with van der Waals surface area (Å²) in [6.45, 7) is 20.9. The third-order valence-corrected chi connectivity index (χ3v) is 12.4. The van der Waals surface area contributed by atoms with Gasteiger partial charge < -0.3 is 26.0 Å². The van der Waals surface area contributed by atoms with Crippen LogP contribution in [0.4, 0.5) is 0 Å². The first-order chi connectivity index (χ1) is 17.9. The van der Waals surface area contributed by atoms with Crippen molar-refractivity contribution in [3.05, 3.63) is 12.7 Å². The number of aliphatic hydroxyl groups is 2. The van der Waals surface area contributed by atoms with Crippen molar-refractivity contribution in [3.8, 4) is 0 Å². The monoisotopic (exact) mass is 566 g/mol. The van der Waals surface area contributed by atoms with Crippen molar-refractivity contribution in [2.75, 3.05) is 12.3 Å². The molecule has 0 saturated heterocycles. The summed E-state index contributed by atoms with van der Waals surface area (Å²) < 4.78 is 5.98. The van der Waals surface area contributed by atoms with E-state index >= 15 is 0 Å². The molecule has 0 aliphatic heterocycles. The van der Waals surface area contributed by atoms with Crippen molar-refractivity contribution in [2.24, 2.45) is 45.7 Å². The highest BCUT2D eigenvalue weighted by atomic mass is 32.2. The van der Waals surface area contributed by atoms with Gasteiger partial charge >= 0.3 is 5.97 Å². The van der Waals surface area contributed by atoms with Gasteiger partial charge in [0.2, 0.25) is 5.91 Å². The molecule has 0 aromatic heterocycles. The fourth-order valence-electron chi connectivity index (χ4n) is 8.01. The first-order valence-electron chi connectivity index (χ1n) is 14.8. The van der Waals surface area contributed by atoms with Crippen LogP contribution in [0.3, 0.4) is 0 Å². The Hall–Kier alpha value is -1.09. The minimum atomic E-state index is -0.643. The molecule has 0 heterocycles. The van der Waals surface area contributed by atoms with Crippen LogP contribution in [0, 0.1) is 39.9 Å². The molecule has 1 amide bonds. The van der Waals surface area contributed by atoms with E-state index in [4.69, 9.17) is 10.5 Å². The Morgan fingerprint density at radius 3 is 2.41 bits per heavy atom. The largest absolute Gasteiger partial charge is 0.461 e. The average Bonchev–Trinajstić information content (AvgIpc) is 3.24. The molecule has 3 rings (SSSR count). The second-order valence-corrected chi connectivity index (χ2v) is 16.0. The molecule has 224 valence electrons. The fourth-order valence-corrected chi connectivity index (χ4v) is 8.76. The lowest BCUT2D eigenvalue weighted by Crippen LogP contribution is -2.63. The highest BCUT2D eigenvalue weighted by Crippen LogP contribution is 2.69. The van der Waals surface area contributed by atoms with Crippen LogP contribution < -0.4 is 11.1 Å². The number of nitrogens with two attached hydrogens (primary N) is 1. The Kier molecular flexibility index (Phi) is 9.69. The maximum absolute atomic E-state index is 13.4. The molecular weight excluding hydrogens is 512 g/mol. The Morgan fingerprint density at radius 2 is 1.82 bits per heavy atom. The summed E-state index contributed by atoms with van der Waals surface area (Å²) >= 11 is 1.45. The number of aliphatic hydroxyl groups excluding tert-OH is 2. The second kappa shape index (κ2) is 11.7. The topological polar surface area (TPSA) is 122 Å². The first-order valence-corrected chi connectivity index (χ1v) is 15.8. The average molecular weight is 567 g/mol. The maximum atomic E-state index is 13.4. The van der Waals surface area contributed by atoms with Crippen molar-refractivity contribution in [1.82, 2.24) is 5.32 Å². The third-order valence-electron chi connectivity index (χ3n) is 11.1. The summed E-state index contributed by atoms with van der Waals surface area (Å²) in [5.41, 5.74) is 4.72. The summed E-state index contributed by atoms with van der Waals surface area (Å²) in [4.78, 5) is 25.7. The predicted octanol–water partition coefficient (Wildman–Crippen LogP) is 4.30. The summed E-state index contributed by atoms with van der Waals surface area (Å²) in [6, 6.07) is -0.566. The highest BCUT2D eigenvalue weighted by Gasteiger charge is 2.68. The van der Waals surface area contributed by atoms with Gasteiger partial charge in [-0.15, -0.1) is 18.3 Å². The highest BCUT2D eigenvalue weighted by molar-refractivity contribution is 8.01. The van der Waals surface area contributed by atoms with Crippen LogP contribution in [-0.4, -0.2) is 63.5 Å². The van der Waals surface area contributed by atoms with Crippen LogP contribution in [0.25, 0.3) is 0 Å². The molecule has 3 aliphatic carbocycles. The first kappa shape index (κ1) is 32.4. The molecule has 8 heteroatoms. The molecule has 3 saturated carbocycles. The van der Waals surface area contributed by atoms with Gasteiger partial charge in [0, 0.05) is 22.1 Å². The summed E-state index contributed by atoms with van der Waals surface area (Å²) in [7, 11) is 0. The minimum absolute atomic E-state index is 0.00139. The van der Waals surface area contributed by atoms with Crippen LogP contribution in [0.2, 0.25) is 0 Å². The maximum Gasteiger partial charge on any atom is 0.316 e. The number of amides is 1. The number of ether oxygens (including phenoxy) is 1. The Labute approximate surface area is 240 Å². The van der Waals surface area contributed by atoms with Gasteiger partial charge in [-0.3, -0.25) is 9.59 Å². The number of nitrogens with one attached hydrogen (secondary N) is 1. The lowest BCUT2D eigenvalue weighted by atomic mass is 9.43. The van der Waals surface area contributed by atoms with Gasteiger partial charge in [0.05, 0.1) is 24.0 Å². The third kappa shape index (κ3) is 5.96. The van der Waals surface area contributed by atoms with Gasteiger partial charge in [0.1, 0.15) is 6.10 Å². The fraction of sp³-hybridized carbons (Fsp3) is 0.871. The second-order valence-electron chi connectivity index (χ2n) is 14.3. The molecule has 3 fully saturated rings. The summed E-state index contributed by atoms with van der Waals surface area (Å²) in [6.07, 6.45) is 4.26. The summed E-state index contributed by atoms with van der Waals surface area (Å²) in [5.74, 6) is -0.107. The molecule has 0 radical (unpaired) electrons. The van der Waals surface area contributed by atoms with Gasteiger partial charge in [-0.2, -0.15) is 0 Å². The molecule has 3 aliphatic rings. The predicted molar refractivity (Wildman–Crippen MR) is 158 cm³/mol. The number of carbonyl (C=O) groups excluding carboxylic acids is 2. The molecule has 0 unspecified atom stereocenters. The van der Waals surface area contributed by atoms with Crippen LogP contribution in [0.1, 0.15) is 87.5 Å². The van der Waals surface area contributed by atoms with Crippen LogP contribution in [0.5, 0.6) is 0 Å². The van der Waals surface area contributed by atoms with Gasteiger partial charge in [-0.05, 0) is 75.0 Å². The number of thioether (sulfide) groups is 1. The molecule has 10 atom stereocenters. The van der Waals surface area contributed by atoms with Crippen LogP contribution >= 0.6 is 11.8 Å². The van der Waals surface area contributed by atoms with E-state index in [1.54, 1.807) is 0 Å². The van der Waals surface area contributed by atoms with Crippen LogP contribution in [-0.2, 0) is 14.3 Å². The summed E-state index contributed by atoms with van der Waals surface area (Å²) in [5, 5.41) is 26.0. The minimum Gasteiger partial charge on any atom is -0.461 e. The van der Waals surface area contributed by atoms with Gasteiger partial charge in [0.25, 0.3) is 0 Å². The molecule has 39 heavy (non-hydrogen) atoms. The Morgan fingerprint density at radius 1 is 1.21 bits per heavy atom. The number of esters is 1. The molecule has 7 nitrogen and oxygen atoms in total. The van der Waals surface area contributed by atoms with Crippen molar-refractivity contribution in [2.45, 2.75) is 117 Å². The van der Waals surface area contributed by atoms with Gasteiger partial charge in [-0.1, -0.05) is 47.6 Å². The lowest BCUT2D eigenvalue weighted by Gasteiger charge is -2.63. The number of hydrogen-bond acceptors (Lipinski definition) is 7. The molecule has 0 aromatic rings. The van der Waals surface area contributed by atoms with Gasteiger partial charge in [0.15, 0.2) is 0 Å². The zero-order valence-corrected chi connectivity index (χ0v) is 26.3. The zero-order chi connectivity index (χ0) is 29.6. The number of hydrogen-bond donors (Lipinski definition) is 4. The molecule has 2 bridgehead atoms. The quantitative estimate of drug-likeness (QED) is 0.243. The van der Waals surface area contributed by atoms with E-state index in [9.17, 15) is 19.8 Å². The van der Waals surface area contributed by atoms with Crippen molar-refractivity contribution in [1.29, 1.82) is 0 Å². The molecule has 0 spiro atoms. The standard InChI is InChI=1S/C31H54N2O5S/c1-10-29(8)15-22(38-23(35)16-39-28(6,7)17-33-27(37)24(32)18(2)3)30(9)19(4)11-13-31(20(5)26(29)36)14-12-21(34)25(30)31/h10,18-22,24-26,34,36H,1,11-17,32H2,2-9H3,(H,33,37)/t19-,20+,21-,22-,24-,25+,26+,29-,30+,31+/m1/s1. The van der Waals surface area contributed by atoms with E-state index in [2.05, 4.69) is 32.7 Å². The van der Waals surface area contributed by atoms with Crippen molar-refractivity contribution < 1.29 is 24.5 Å². The molecular formula is C31H54N2O5S. The van der Waals surface area contributed by atoms with E-state index in [0.717, 1.165) is 19.3 Å². The lowest BCUT2D eigenvalue weighted by molar-refractivity contribution is -0.217. The van der Waals surface area contributed by atoms with E-state index < -0.39 is 39.9 Å². The normalized spacial score (nSPS) is 41.2. The van der Waals surface area contributed by atoms with E-state index in [1.807, 2.05) is 40.7 Å². The Bertz CT molecular complexity index is 927. The van der Waals surface area contributed by atoms with Crippen molar-refractivity contribution >= 4 is 23.6 Å². The molecule has 0 aromatic carbocycles. The van der Waals surface area contributed by atoms with Crippen molar-refractivity contribution in [3.63, 3.8) is 0 Å². The zero-order valence-electron chi connectivity index (χ0n) is 25.5. The number of rotatable bonds is 9. The molecule has 5 N–H and O–H groups in total. The van der Waals surface area contributed by atoms with Crippen LogP contribution in [0.15, 0.2) is 12.7 Å². The Balaban J connectivity index is 1.81. The van der Waals surface area contributed by atoms with Gasteiger partial charge in [-0.25, -0.2) is 0 Å². The van der Waals surface area contributed by atoms with E-state index in [-0.39, 0.29) is 46.7 Å². The SMILES string of the molecule is C=C[C@]1(C)C[C@@H](OC(=O)CSC(C)(C)CNC(=O)[C@H](N)C(C)C)[C@]2(C)[C@H](C)CC[C@]3(CC[C@@H](O)[C@H]32)[C@@H](C)[C@@H]1O. The van der Waals surface area contributed by atoms with E-state index in [1.165, 1.54) is 11.8 Å². The smallest absolute Gasteiger partial charge is 0.316 e. The van der Waals surface area contributed by atoms with E-state index in [0.29, 0.717) is 19.4 Å².